The van der Waals surface area contributed by atoms with E-state index in [4.69, 9.17) is 0 Å². The van der Waals surface area contributed by atoms with Gasteiger partial charge in [0.15, 0.2) is 0 Å². The van der Waals surface area contributed by atoms with Crippen LogP contribution in [0.15, 0.2) is 0 Å². The van der Waals surface area contributed by atoms with Crippen LogP contribution in [-0.4, -0.2) is 24.5 Å². The molecule has 1 unspecified atom stereocenters. The Kier molecular flexibility index (Phi) is 2.05. The summed E-state index contributed by atoms with van der Waals surface area (Å²) >= 11 is 0. The van der Waals surface area contributed by atoms with Gasteiger partial charge in [-0.15, -0.1) is 0 Å². The molecule has 1 heterocycles. The summed E-state index contributed by atoms with van der Waals surface area (Å²) in [5.74, 6) is 1.02. The molecule has 0 aromatic carbocycles. The minimum absolute atomic E-state index is 0.103. The Morgan fingerprint density at radius 2 is 2.50 bits per heavy atom. The van der Waals surface area contributed by atoms with Gasteiger partial charge in [0.2, 0.25) is 5.91 Å². The van der Waals surface area contributed by atoms with E-state index >= 15 is 0 Å². The molecule has 3 nitrogen and oxygen atoms in total. The van der Waals surface area contributed by atoms with E-state index in [2.05, 4.69) is 17.6 Å². The first-order valence-electron chi connectivity index (χ1n) is 4.85. The van der Waals surface area contributed by atoms with E-state index in [1.54, 1.807) is 0 Å². The van der Waals surface area contributed by atoms with Gasteiger partial charge in [0.1, 0.15) is 0 Å². The molecule has 0 aromatic heterocycles. The van der Waals surface area contributed by atoms with Gasteiger partial charge in [-0.1, -0.05) is 13.3 Å². The summed E-state index contributed by atoms with van der Waals surface area (Å²) < 4.78 is 0. The quantitative estimate of drug-likeness (QED) is 0.635. The topological polar surface area (TPSA) is 41.1 Å². The van der Waals surface area contributed by atoms with Crippen LogP contribution < -0.4 is 10.6 Å². The van der Waals surface area contributed by atoms with Crippen molar-refractivity contribution < 1.29 is 4.79 Å². The zero-order valence-electron chi connectivity index (χ0n) is 7.47. The predicted octanol–water partition coefficient (Wildman–Crippen LogP) is 0.263. The van der Waals surface area contributed by atoms with Gasteiger partial charge in [-0.05, 0) is 18.8 Å². The highest BCUT2D eigenvalue weighted by Gasteiger charge is 2.38. The first kappa shape index (κ1) is 8.05. The molecule has 1 amide bonds. The minimum atomic E-state index is 0.103. The van der Waals surface area contributed by atoms with Gasteiger partial charge >= 0.3 is 0 Å². The third-order valence-electron chi connectivity index (χ3n) is 2.91. The number of carbonyl (C=O) groups is 1. The summed E-state index contributed by atoms with van der Waals surface area (Å²) in [4.78, 5) is 11.2. The molecule has 0 bridgehead atoms. The zero-order chi connectivity index (χ0) is 8.55. The molecule has 1 aliphatic heterocycles. The highest BCUT2D eigenvalue weighted by molar-refractivity contribution is 5.83. The van der Waals surface area contributed by atoms with Crippen LogP contribution in [0.4, 0.5) is 0 Å². The summed E-state index contributed by atoms with van der Waals surface area (Å²) in [5, 5.41) is 6.23. The van der Waals surface area contributed by atoms with Gasteiger partial charge in [0.25, 0.3) is 0 Å². The number of nitrogens with one attached hydrogen (secondary N) is 2. The lowest BCUT2D eigenvalue weighted by Gasteiger charge is -2.08. The molecule has 3 atom stereocenters. The second kappa shape index (κ2) is 3.05. The molecule has 2 fully saturated rings. The monoisotopic (exact) mass is 168 g/mol. The Balaban J connectivity index is 1.77. The fourth-order valence-electron chi connectivity index (χ4n) is 1.91. The van der Waals surface area contributed by atoms with Crippen molar-refractivity contribution >= 4 is 5.91 Å². The zero-order valence-corrected chi connectivity index (χ0v) is 7.47. The second-order valence-electron chi connectivity index (χ2n) is 3.81. The highest BCUT2D eigenvalue weighted by atomic mass is 16.2. The predicted molar refractivity (Wildman–Crippen MR) is 46.7 cm³/mol. The number of hydrogen-bond acceptors (Lipinski definition) is 2. The molecular weight excluding hydrogens is 152 g/mol. The average molecular weight is 168 g/mol. The van der Waals surface area contributed by atoms with Crippen LogP contribution in [-0.2, 0) is 4.79 Å². The van der Waals surface area contributed by atoms with Gasteiger partial charge in [-0.2, -0.15) is 0 Å². The maximum absolute atomic E-state index is 11.2. The maximum Gasteiger partial charge on any atom is 0.237 e. The third-order valence-corrected chi connectivity index (χ3v) is 2.91. The molecule has 68 valence electrons. The van der Waals surface area contributed by atoms with E-state index < -0.39 is 0 Å². The van der Waals surface area contributed by atoms with Crippen LogP contribution in [0.2, 0.25) is 0 Å². The molecule has 2 N–H and O–H groups in total. The number of hydrogen-bond donors (Lipinski definition) is 2. The largest absolute Gasteiger partial charge is 0.355 e. The fraction of sp³-hybridized carbons (Fsp3) is 0.889. The van der Waals surface area contributed by atoms with Crippen LogP contribution in [0.1, 0.15) is 26.2 Å². The molecule has 2 aliphatic rings. The van der Waals surface area contributed by atoms with E-state index in [0.29, 0.717) is 6.04 Å². The summed E-state index contributed by atoms with van der Waals surface area (Å²) in [6.45, 7) is 3.06. The molecule has 2 rings (SSSR count). The Hall–Kier alpha value is -0.570. The molecular formula is C9H16N2O. The van der Waals surface area contributed by atoms with Gasteiger partial charge in [-0.25, -0.2) is 0 Å². The molecule has 1 aliphatic carbocycles. The van der Waals surface area contributed by atoms with Crippen LogP contribution in [0, 0.1) is 5.92 Å². The Labute approximate surface area is 72.9 Å². The second-order valence-corrected chi connectivity index (χ2v) is 3.81. The van der Waals surface area contributed by atoms with E-state index in [1.165, 1.54) is 12.8 Å². The molecule has 1 saturated carbocycles. The lowest BCUT2D eigenvalue weighted by atomic mass is 10.2. The average Bonchev–Trinajstić information content (AvgIpc) is 2.70. The van der Waals surface area contributed by atoms with Crippen LogP contribution >= 0.6 is 0 Å². The van der Waals surface area contributed by atoms with E-state index in [0.717, 1.165) is 18.9 Å². The van der Waals surface area contributed by atoms with Gasteiger partial charge in [0.05, 0.1) is 6.04 Å². The first-order chi connectivity index (χ1) is 5.81. The lowest BCUT2D eigenvalue weighted by molar-refractivity contribution is -0.120. The number of rotatable bonds is 3. The van der Waals surface area contributed by atoms with Crippen molar-refractivity contribution in [2.75, 3.05) is 6.54 Å². The molecule has 3 heteroatoms. The molecule has 0 spiro atoms. The summed E-state index contributed by atoms with van der Waals surface area (Å²) in [5.41, 5.74) is 0. The van der Waals surface area contributed by atoms with Gasteiger partial charge < -0.3 is 10.6 Å². The molecule has 12 heavy (non-hydrogen) atoms. The molecule has 0 aromatic rings. The van der Waals surface area contributed by atoms with Crippen molar-refractivity contribution in [1.29, 1.82) is 0 Å². The smallest absolute Gasteiger partial charge is 0.237 e. The Bertz CT molecular complexity index is 193. The normalized spacial score (nSPS) is 39.8. The van der Waals surface area contributed by atoms with Crippen molar-refractivity contribution in [1.82, 2.24) is 10.6 Å². The molecule has 0 radical (unpaired) electrons. The lowest BCUT2D eigenvalue weighted by Crippen LogP contribution is -2.38. The van der Waals surface area contributed by atoms with E-state index in [1.807, 2.05) is 0 Å². The van der Waals surface area contributed by atoms with Crippen molar-refractivity contribution in [2.24, 2.45) is 5.92 Å². The van der Waals surface area contributed by atoms with Crippen molar-refractivity contribution in [2.45, 2.75) is 38.3 Å². The SMILES string of the molecule is CC[C@@H]1C[C@H]1NC1CCNC1=O. The number of amides is 1. The Morgan fingerprint density at radius 1 is 1.67 bits per heavy atom. The highest BCUT2D eigenvalue weighted by Crippen LogP contribution is 2.33. The number of carbonyl (C=O) groups excluding carboxylic acids is 1. The minimum Gasteiger partial charge on any atom is -0.355 e. The van der Waals surface area contributed by atoms with Crippen molar-refractivity contribution in [3.05, 3.63) is 0 Å². The summed E-state index contributed by atoms with van der Waals surface area (Å²) in [7, 11) is 0. The third kappa shape index (κ3) is 1.46. The van der Waals surface area contributed by atoms with Crippen LogP contribution in [0.3, 0.4) is 0 Å². The van der Waals surface area contributed by atoms with Gasteiger partial charge in [0, 0.05) is 12.6 Å². The molecule has 1 saturated heterocycles. The standard InChI is InChI=1S/C9H16N2O/c1-2-6-5-8(6)11-7-3-4-10-9(7)12/h6-8,11H,2-5H2,1H3,(H,10,12)/t6-,7?,8-/m1/s1. The van der Waals surface area contributed by atoms with Crippen LogP contribution in [0.5, 0.6) is 0 Å². The maximum atomic E-state index is 11.2. The van der Waals surface area contributed by atoms with E-state index in [-0.39, 0.29) is 11.9 Å². The van der Waals surface area contributed by atoms with E-state index in [9.17, 15) is 4.79 Å². The van der Waals surface area contributed by atoms with Crippen LogP contribution in [0.25, 0.3) is 0 Å². The Morgan fingerprint density at radius 3 is 3.00 bits per heavy atom. The van der Waals surface area contributed by atoms with Crippen molar-refractivity contribution in [3.8, 4) is 0 Å². The summed E-state index contributed by atoms with van der Waals surface area (Å²) in [6.07, 6.45) is 3.47. The summed E-state index contributed by atoms with van der Waals surface area (Å²) in [6, 6.07) is 0.732. The first-order valence-corrected chi connectivity index (χ1v) is 4.85. The fourth-order valence-corrected chi connectivity index (χ4v) is 1.91. The van der Waals surface area contributed by atoms with Crippen molar-refractivity contribution in [3.63, 3.8) is 0 Å². The van der Waals surface area contributed by atoms with Gasteiger partial charge in [-0.3, -0.25) is 4.79 Å².